The Morgan fingerprint density at radius 2 is 1.88 bits per heavy atom. The minimum Gasteiger partial charge on any atom is -0.494 e. The lowest BCUT2D eigenvalue weighted by molar-refractivity contribution is 0.415. The molecular weight excluding hydrogens is 306 g/mol. The number of nitrogens with zero attached hydrogens (tertiary/aromatic N) is 3. The molecule has 0 unspecified atom stereocenters. The van der Waals surface area contributed by atoms with Crippen molar-refractivity contribution in [3.05, 3.63) is 64.4 Å². The Bertz CT molecular complexity index is 941. The monoisotopic (exact) mass is 323 g/mol. The highest BCUT2D eigenvalue weighted by Gasteiger charge is 2.13. The number of nitrogen functional groups attached to an aromatic ring is 1. The van der Waals surface area contributed by atoms with Crippen LogP contribution in [0.25, 0.3) is 5.69 Å². The average Bonchev–Trinajstić information content (AvgIpc) is 2.88. The highest BCUT2D eigenvalue weighted by atomic mass is 16.5. The van der Waals surface area contributed by atoms with E-state index in [0.29, 0.717) is 17.1 Å². The van der Waals surface area contributed by atoms with E-state index in [1.165, 1.54) is 4.68 Å². The van der Waals surface area contributed by atoms with Gasteiger partial charge < -0.3 is 10.5 Å². The van der Waals surface area contributed by atoms with Gasteiger partial charge in [-0.3, -0.25) is 9.89 Å². The van der Waals surface area contributed by atoms with Gasteiger partial charge in [0.2, 0.25) is 0 Å². The van der Waals surface area contributed by atoms with Crippen LogP contribution in [0.3, 0.4) is 0 Å². The van der Waals surface area contributed by atoms with Gasteiger partial charge in [-0.25, -0.2) is 4.68 Å². The maximum atomic E-state index is 12.5. The van der Waals surface area contributed by atoms with E-state index in [1.807, 2.05) is 37.3 Å². The fourth-order valence-corrected chi connectivity index (χ4v) is 2.28. The van der Waals surface area contributed by atoms with Crippen LogP contribution in [0.2, 0.25) is 0 Å². The Kier molecular flexibility index (Phi) is 4.15. The van der Waals surface area contributed by atoms with Crippen molar-refractivity contribution in [2.24, 2.45) is 10.2 Å². The number of rotatable bonds is 4. The van der Waals surface area contributed by atoms with E-state index in [-0.39, 0.29) is 17.1 Å². The first kappa shape index (κ1) is 15.5. The van der Waals surface area contributed by atoms with Gasteiger partial charge in [0.25, 0.3) is 0 Å². The second kappa shape index (κ2) is 6.41. The fourth-order valence-electron chi connectivity index (χ4n) is 2.28. The number of aromatic nitrogens is 2. The first-order valence-electron chi connectivity index (χ1n) is 7.32. The minimum absolute atomic E-state index is 0.0578. The quantitative estimate of drug-likeness (QED) is 0.719. The molecule has 0 saturated heterocycles. The number of anilines is 1. The summed E-state index contributed by atoms with van der Waals surface area (Å²) in [4.78, 5) is 12.5. The van der Waals surface area contributed by atoms with Crippen LogP contribution in [-0.4, -0.2) is 16.9 Å². The third-order valence-corrected chi connectivity index (χ3v) is 3.50. The van der Waals surface area contributed by atoms with Crippen LogP contribution in [0.4, 0.5) is 17.2 Å². The van der Waals surface area contributed by atoms with Crippen molar-refractivity contribution in [3.63, 3.8) is 0 Å². The number of hydrogen-bond donors (Lipinski definition) is 2. The first-order chi connectivity index (χ1) is 11.6. The van der Waals surface area contributed by atoms with Crippen LogP contribution in [0.15, 0.2) is 63.6 Å². The maximum absolute atomic E-state index is 12.5. The molecule has 3 aromatic rings. The molecule has 24 heavy (non-hydrogen) atoms. The largest absolute Gasteiger partial charge is 0.494 e. The van der Waals surface area contributed by atoms with Crippen molar-refractivity contribution < 1.29 is 4.74 Å². The van der Waals surface area contributed by atoms with Gasteiger partial charge in [0.05, 0.1) is 12.8 Å². The average molecular weight is 323 g/mol. The van der Waals surface area contributed by atoms with Gasteiger partial charge in [-0.05, 0) is 36.8 Å². The van der Waals surface area contributed by atoms with Crippen LogP contribution in [0, 0.1) is 6.92 Å². The number of azo groups is 1. The summed E-state index contributed by atoms with van der Waals surface area (Å²) < 4.78 is 6.58. The fraction of sp³-hybridized carbons (Fsp3) is 0.118. The van der Waals surface area contributed by atoms with E-state index in [1.54, 1.807) is 25.3 Å². The molecule has 1 heterocycles. The van der Waals surface area contributed by atoms with Gasteiger partial charge >= 0.3 is 5.56 Å². The lowest BCUT2D eigenvalue weighted by Crippen LogP contribution is -2.13. The predicted octanol–water partition coefficient (Wildman–Crippen LogP) is 3.48. The predicted molar refractivity (Wildman–Crippen MR) is 92.7 cm³/mol. The van der Waals surface area contributed by atoms with Gasteiger partial charge in [0, 0.05) is 0 Å². The Hall–Kier alpha value is -3.35. The second-order valence-corrected chi connectivity index (χ2v) is 5.23. The summed E-state index contributed by atoms with van der Waals surface area (Å²) in [6.45, 7) is 1.94. The van der Waals surface area contributed by atoms with Crippen molar-refractivity contribution in [2.75, 3.05) is 12.8 Å². The van der Waals surface area contributed by atoms with Gasteiger partial charge in [0.15, 0.2) is 5.69 Å². The number of H-pyrrole nitrogens is 1. The van der Waals surface area contributed by atoms with Gasteiger partial charge in [-0.15, -0.1) is 10.2 Å². The Morgan fingerprint density at radius 3 is 2.58 bits per heavy atom. The van der Waals surface area contributed by atoms with Gasteiger partial charge in [-0.2, -0.15) is 0 Å². The first-order valence-corrected chi connectivity index (χ1v) is 7.32. The molecule has 0 fully saturated rings. The molecule has 0 atom stereocenters. The molecule has 3 rings (SSSR count). The van der Waals surface area contributed by atoms with E-state index >= 15 is 0 Å². The van der Waals surface area contributed by atoms with Crippen LogP contribution in [0.5, 0.6) is 5.75 Å². The molecule has 3 N–H and O–H groups in total. The zero-order chi connectivity index (χ0) is 17.1. The molecule has 0 aliphatic rings. The van der Waals surface area contributed by atoms with Gasteiger partial charge in [-0.1, -0.05) is 24.3 Å². The molecule has 0 aliphatic carbocycles. The number of methoxy groups -OCH3 is 1. The minimum atomic E-state index is -0.367. The molecule has 0 amide bonds. The van der Waals surface area contributed by atoms with Crippen LogP contribution >= 0.6 is 0 Å². The number of aromatic amines is 1. The molecular formula is C17H17N5O2. The van der Waals surface area contributed by atoms with Crippen LogP contribution in [0.1, 0.15) is 5.56 Å². The number of nitrogens with one attached hydrogen (secondary N) is 1. The molecule has 1 aromatic heterocycles. The highest BCUT2D eigenvalue weighted by molar-refractivity contribution is 5.58. The number of benzene rings is 2. The second-order valence-electron chi connectivity index (χ2n) is 5.23. The summed E-state index contributed by atoms with van der Waals surface area (Å²) in [6, 6.07) is 14.6. The molecule has 0 aliphatic heterocycles. The van der Waals surface area contributed by atoms with E-state index in [0.717, 1.165) is 5.56 Å². The highest BCUT2D eigenvalue weighted by Crippen LogP contribution is 2.30. The summed E-state index contributed by atoms with van der Waals surface area (Å²) >= 11 is 0. The summed E-state index contributed by atoms with van der Waals surface area (Å²) in [6.07, 6.45) is 0. The molecule has 0 saturated carbocycles. The van der Waals surface area contributed by atoms with Crippen molar-refractivity contribution >= 4 is 17.2 Å². The van der Waals surface area contributed by atoms with Crippen molar-refractivity contribution in [1.29, 1.82) is 0 Å². The van der Waals surface area contributed by atoms with E-state index in [2.05, 4.69) is 15.3 Å². The molecule has 7 heteroatoms. The third kappa shape index (κ3) is 2.91. The zero-order valence-corrected chi connectivity index (χ0v) is 13.4. The Balaban J connectivity index is 2.02. The molecule has 122 valence electrons. The molecule has 0 radical (unpaired) electrons. The topological polar surface area (TPSA) is 97.8 Å². The molecule has 7 nitrogen and oxygen atoms in total. The maximum Gasteiger partial charge on any atom is 0.301 e. The van der Waals surface area contributed by atoms with Crippen LogP contribution < -0.4 is 16.0 Å². The SMILES string of the molecule is COc1ccc(C)cc1N=Nc1c(N)[nH]n(-c2ccccc2)c1=O. The molecule has 0 bridgehead atoms. The van der Waals surface area contributed by atoms with Crippen LogP contribution in [-0.2, 0) is 0 Å². The number of hydrogen-bond acceptors (Lipinski definition) is 5. The Morgan fingerprint density at radius 1 is 1.12 bits per heavy atom. The molecule has 2 aromatic carbocycles. The number of nitrogens with two attached hydrogens (primary N) is 1. The van der Waals surface area contributed by atoms with E-state index in [4.69, 9.17) is 10.5 Å². The normalized spacial score (nSPS) is 11.1. The number of para-hydroxylation sites is 1. The lowest BCUT2D eigenvalue weighted by Gasteiger charge is -2.03. The number of aryl methyl sites for hydroxylation is 1. The van der Waals surface area contributed by atoms with E-state index < -0.39 is 0 Å². The van der Waals surface area contributed by atoms with Crippen molar-refractivity contribution in [3.8, 4) is 11.4 Å². The summed E-state index contributed by atoms with van der Waals surface area (Å²) in [7, 11) is 1.55. The van der Waals surface area contributed by atoms with E-state index in [9.17, 15) is 4.79 Å². The molecule has 0 spiro atoms. The lowest BCUT2D eigenvalue weighted by atomic mass is 10.2. The van der Waals surface area contributed by atoms with Gasteiger partial charge in [0.1, 0.15) is 17.3 Å². The third-order valence-electron chi connectivity index (χ3n) is 3.50. The number of ether oxygens (including phenoxy) is 1. The van der Waals surface area contributed by atoms with Crippen molar-refractivity contribution in [2.45, 2.75) is 6.92 Å². The summed E-state index contributed by atoms with van der Waals surface area (Å²) in [5.41, 5.74) is 7.78. The zero-order valence-electron chi connectivity index (χ0n) is 13.4. The standard InChI is InChI=1S/C17H17N5O2/c1-11-8-9-14(24-2)13(10-11)19-20-15-16(18)21-22(17(15)23)12-6-4-3-5-7-12/h3-10,21H,18H2,1-2H3. The summed E-state index contributed by atoms with van der Waals surface area (Å²) in [5, 5.41) is 11.0. The van der Waals surface area contributed by atoms with Crippen molar-refractivity contribution in [1.82, 2.24) is 9.78 Å². The summed E-state index contributed by atoms with van der Waals surface area (Å²) in [5.74, 6) is 0.723. The Labute approximate surface area is 138 Å². The smallest absolute Gasteiger partial charge is 0.301 e.